The molecule has 7 N–H and O–H groups in total. The van der Waals surface area contributed by atoms with E-state index in [1.807, 2.05) is 14.0 Å². The SMILES string of the molecule is CCCNc1cc(OC2CCC(NC(=O)NC3CC(C(C)F)CC(NC(=O)CCCCNC)C3SCCN)CC2)cc(C(C)(F)F)c1. The number of carbonyl (C=O) groups excluding carboxylic acids is 2. The first-order valence-electron chi connectivity index (χ1n) is 17.3. The zero-order chi connectivity index (χ0) is 34.4. The van der Waals surface area contributed by atoms with E-state index in [9.17, 15) is 22.8 Å². The van der Waals surface area contributed by atoms with E-state index in [2.05, 4.69) is 26.6 Å². The van der Waals surface area contributed by atoms with E-state index in [1.165, 1.54) is 12.1 Å². The molecule has 2 aliphatic rings. The smallest absolute Gasteiger partial charge is 0.315 e. The molecule has 47 heavy (non-hydrogen) atoms. The number of hydrogen-bond acceptors (Lipinski definition) is 7. The molecule has 0 heterocycles. The number of carbonyl (C=O) groups is 2. The molecule has 1 aromatic carbocycles. The van der Waals surface area contributed by atoms with Crippen molar-refractivity contribution in [3.63, 3.8) is 0 Å². The second kappa shape index (κ2) is 19.6. The van der Waals surface area contributed by atoms with Crippen molar-refractivity contribution >= 4 is 29.4 Å². The summed E-state index contributed by atoms with van der Waals surface area (Å²) >= 11 is 1.62. The van der Waals surface area contributed by atoms with Gasteiger partial charge in [-0.3, -0.25) is 4.79 Å². The van der Waals surface area contributed by atoms with Gasteiger partial charge in [-0.15, -0.1) is 0 Å². The zero-order valence-electron chi connectivity index (χ0n) is 28.5. The molecule has 1 aromatic rings. The van der Waals surface area contributed by atoms with Crippen LogP contribution < -0.4 is 37.1 Å². The lowest BCUT2D eigenvalue weighted by Crippen LogP contribution is -2.60. The average molecular weight is 687 g/mol. The third kappa shape index (κ3) is 13.2. The quantitative estimate of drug-likeness (QED) is 0.110. The third-order valence-corrected chi connectivity index (χ3v) is 10.5. The first-order chi connectivity index (χ1) is 22.4. The summed E-state index contributed by atoms with van der Waals surface area (Å²) < 4.78 is 49.2. The number of hydrogen-bond donors (Lipinski definition) is 6. The van der Waals surface area contributed by atoms with Crippen LogP contribution in [-0.2, 0) is 10.7 Å². The van der Waals surface area contributed by atoms with E-state index in [1.54, 1.807) is 24.8 Å². The molecule has 0 spiro atoms. The standard InChI is InChI=1S/C34H57F3N6O3S/c1-5-14-40-26-19-24(34(3,36)37)20-28(21-26)46-27-11-9-25(10-12-27)41-33(45)43-30-18-23(22(2)35)17-29(32(30)47-16-13-38)42-31(44)8-6-7-15-39-4/h19-23,25,27,29-30,32,39-40H,5-18,38H2,1-4H3,(H,42,44)(H2,41,43,45). The van der Waals surface area contributed by atoms with Crippen molar-refractivity contribution in [2.75, 3.05) is 37.8 Å². The molecule has 5 atom stereocenters. The maximum atomic E-state index is 14.7. The maximum Gasteiger partial charge on any atom is 0.315 e. The molecular weight excluding hydrogens is 629 g/mol. The summed E-state index contributed by atoms with van der Waals surface area (Å²) in [5, 5.41) is 15.5. The second-order valence-electron chi connectivity index (χ2n) is 13.1. The number of anilines is 1. The summed E-state index contributed by atoms with van der Waals surface area (Å²) in [6.45, 7) is 6.40. The van der Waals surface area contributed by atoms with E-state index in [4.69, 9.17) is 10.5 Å². The molecule has 0 radical (unpaired) electrons. The van der Waals surface area contributed by atoms with E-state index in [0.717, 1.165) is 32.7 Å². The number of nitrogens with one attached hydrogen (secondary N) is 5. The summed E-state index contributed by atoms with van der Waals surface area (Å²) in [4.78, 5) is 26.1. The number of alkyl halides is 3. The largest absolute Gasteiger partial charge is 0.490 e. The summed E-state index contributed by atoms with van der Waals surface area (Å²) in [7, 11) is 1.88. The van der Waals surface area contributed by atoms with Gasteiger partial charge in [0.25, 0.3) is 5.92 Å². The summed E-state index contributed by atoms with van der Waals surface area (Å²) in [6, 6.07) is 3.63. The highest BCUT2D eigenvalue weighted by Crippen LogP contribution is 2.36. The van der Waals surface area contributed by atoms with Crippen LogP contribution in [0.15, 0.2) is 18.2 Å². The Bertz CT molecular complexity index is 1100. The van der Waals surface area contributed by atoms with Crippen molar-refractivity contribution in [3.05, 3.63) is 23.8 Å². The fourth-order valence-electron chi connectivity index (χ4n) is 6.46. The molecule has 2 fully saturated rings. The number of rotatable bonds is 18. The number of thioether (sulfide) groups is 1. The molecule has 0 saturated heterocycles. The minimum absolute atomic E-state index is 0.0534. The summed E-state index contributed by atoms with van der Waals surface area (Å²) in [5.41, 5.74) is 6.34. The molecule has 0 aliphatic heterocycles. The first kappa shape index (κ1) is 39.1. The van der Waals surface area contributed by atoms with Crippen LogP contribution in [0.2, 0.25) is 0 Å². The van der Waals surface area contributed by atoms with Gasteiger partial charge in [-0.25, -0.2) is 18.0 Å². The van der Waals surface area contributed by atoms with Crippen LogP contribution in [-0.4, -0.2) is 80.0 Å². The van der Waals surface area contributed by atoms with E-state index in [-0.39, 0.29) is 52.9 Å². The number of urea groups is 1. The lowest BCUT2D eigenvalue weighted by molar-refractivity contribution is -0.122. The van der Waals surface area contributed by atoms with Gasteiger partial charge in [0.15, 0.2) is 0 Å². The van der Waals surface area contributed by atoms with E-state index in [0.29, 0.717) is 75.2 Å². The normalized spacial score (nSPS) is 25.4. The van der Waals surface area contributed by atoms with Gasteiger partial charge in [0, 0.05) is 72.9 Å². The Morgan fingerprint density at radius 1 is 1.04 bits per heavy atom. The van der Waals surface area contributed by atoms with Crippen molar-refractivity contribution in [3.8, 4) is 5.75 Å². The van der Waals surface area contributed by atoms with Crippen molar-refractivity contribution in [1.29, 1.82) is 0 Å². The van der Waals surface area contributed by atoms with Gasteiger partial charge >= 0.3 is 6.03 Å². The monoisotopic (exact) mass is 686 g/mol. The van der Waals surface area contributed by atoms with Gasteiger partial charge in [0.2, 0.25) is 5.91 Å². The van der Waals surface area contributed by atoms with Crippen LogP contribution in [0, 0.1) is 5.92 Å². The molecule has 2 aliphatic carbocycles. The third-order valence-electron chi connectivity index (χ3n) is 9.03. The highest BCUT2D eigenvalue weighted by molar-refractivity contribution is 8.00. The van der Waals surface area contributed by atoms with Crippen LogP contribution in [0.25, 0.3) is 0 Å². The highest BCUT2D eigenvalue weighted by Gasteiger charge is 2.41. The molecule has 13 heteroatoms. The molecule has 0 bridgehead atoms. The van der Waals surface area contributed by atoms with Crippen LogP contribution >= 0.6 is 11.8 Å². The topological polar surface area (TPSA) is 130 Å². The fourth-order valence-corrected chi connectivity index (χ4v) is 7.69. The number of unbranched alkanes of at least 4 members (excludes halogenated alkanes) is 1. The Kier molecular flexibility index (Phi) is 16.3. The number of amides is 3. The van der Waals surface area contributed by atoms with Crippen LogP contribution in [0.5, 0.6) is 5.75 Å². The Hall–Kier alpha value is -2.38. The van der Waals surface area contributed by atoms with Crippen molar-refractivity contribution < 1.29 is 27.5 Å². The number of halogens is 3. The molecule has 268 valence electrons. The molecule has 0 aromatic heterocycles. The highest BCUT2D eigenvalue weighted by atomic mass is 32.2. The molecule has 2 saturated carbocycles. The Labute approximate surface area is 283 Å². The van der Waals surface area contributed by atoms with Gasteiger partial charge < -0.3 is 37.1 Å². The average Bonchev–Trinajstić information content (AvgIpc) is 3.02. The minimum atomic E-state index is -2.99. The first-order valence-corrected chi connectivity index (χ1v) is 18.4. The van der Waals surface area contributed by atoms with Gasteiger partial charge in [-0.05, 0) is 96.4 Å². The second-order valence-corrected chi connectivity index (χ2v) is 14.4. The predicted molar refractivity (Wildman–Crippen MR) is 185 cm³/mol. The molecular formula is C34H57F3N6O3S. The van der Waals surface area contributed by atoms with Crippen LogP contribution in [0.4, 0.5) is 23.7 Å². The van der Waals surface area contributed by atoms with Gasteiger partial charge in [0.05, 0.1) is 6.10 Å². The van der Waals surface area contributed by atoms with Crippen molar-refractivity contribution in [2.45, 2.75) is 127 Å². The minimum Gasteiger partial charge on any atom is -0.490 e. The van der Waals surface area contributed by atoms with Crippen LogP contribution in [0.3, 0.4) is 0 Å². The zero-order valence-corrected chi connectivity index (χ0v) is 29.3. The lowest BCUT2D eigenvalue weighted by Gasteiger charge is -2.43. The fraction of sp³-hybridized carbons (Fsp3) is 0.765. The summed E-state index contributed by atoms with van der Waals surface area (Å²) in [5.74, 6) is -2.26. The number of ether oxygens (including phenoxy) is 1. The molecule has 5 unspecified atom stereocenters. The Morgan fingerprint density at radius 3 is 2.36 bits per heavy atom. The molecule has 9 nitrogen and oxygen atoms in total. The van der Waals surface area contributed by atoms with Crippen molar-refractivity contribution in [2.24, 2.45) is 11.7 Å². The van der Waals surface area contributed by atoms with Gasteiger partial charge in [0.1, 0.15) is 11.9 Å². The van der Waals surface area contributed by atoms with E-state index >= 15 is 0 Å². The Morgan fingerprint density at radius 2 is 1.74 bits per heavy atom. The predicted octanol–water partition coefficient (Wildman–Crippen LogP) is 5.68. The lowest BCUT2D eigenvalue weighted by atomic mass is 9.79. The van der Waals surface area contributed by atoms with Crippen LogP contribution in [0.1, 0.15) is 90.5 Å². The van der Waals surface area contributed by atoms with Gasteiger partial charge in [-0.2, -0.15) is 11.8 Å². The van der Waals surface area contributed by atoms with Gasteiger partial charge in [-0.1, -0.05) is 6.92 Å². The molecule has 3 rings (SSSR count). The maximum absolute atomic E-state index is 14.7. The summed E-state index contributed by atoms with van der Waals surface area (Å²) in [6.07, 6.45) is 5.38. The number of nitrogens with two attached hydrogens (primary N) is 1. The Balaban J connectivity index is 1.58. The number of benzene rings is 1. The molecule has 3 amide bonds. The van der Waals surface area contributed by atoms with Crippen molar-refractivity contribution in [1.82, 2.24) is 21.3 Å². The van der Waals surface area contributed by atoms with E-state index < -0.39 is 12.1 Å².